The topological polar surface area (TPSA) is 45.0 Å². The number of rotatable bonds is 2. The van der Waals surface area contributed by atoms with E-state index in [0.29, 0.717) is 5.69 Å². The molecule has 0 aliphatic heterocycles. The first-order valence-corrected chi connectivity index (χ1v) is 5.50. The van der Waals surface area contributed by atoms with Gasteiger partial charge >= 0.3 is 0 Å². The molecule has 0 atom stereocenters. The number of phenols is 1. The van der Waals surface area contributed by atoms with E-state index in [-0.39, 0.29) is 5.75 Å². The molecule has 0 amide bonds. The molecule has 0 unspecified atom stereocenters. The maximum Gasteiger partial charge on any atom is 0.144 e. The van der Waals surface area contributed by atoms with Gasteiger partial charge in [0.15, 0.2) is 0 Å². The fraction of sp³-hybridized carbons (Fsp3) is 0. The lowest BCUT2D eigenvalue weighted by molar-refractivity contribution is 0.476. The molecule has 0 heterocycles. The number of azo groups is 1. The summed E-state index contributed by atoms with van der Waals surface area (Å²) in [5.41, 5.74) is 1.21. The molecule has 0 radical (unpaired) electrons. The van der Waals surface area contributed by atoms with Crippen LogP contribution in [0.2, 0.25) is 0 Å². The van der Waals surface area contributed by atoms with Gasteiger partial charge in [0.05, 0.1) is 5.69 Å². The van der Waals surface area contributed by atoms with Crippen molar-refractivity contribution in [2.45, 2.75) is 0 Å². The molecule has 0 saturated carbocycles. The van der Waals surface area contributed by atoms with Crippen LogP contribution < -0.4 is 0 Å². The fourth-order valence-electron chi connectivity index (χ4n) is 1.19. The number of halogens is 1. The van der Waals surface area contributed by atoms with E-state index in [9.17, 15) is 5.11 Å². The zero-order chi connectivity index (χ0) is 11.4. The second-order valence-corrected chi connectivity index (χ2v) is 4.08. The summed E-state index contributed by atoms with van der Waals surface area (Å²) < 4.78 is 0.809. The highest BCUT2D eigenvalue weighted by Gasteiger charge is 1.99. The molecule has 0 aliphatic rings. The second kappa shape index (κ2) is 4.90. The normalized spacial score (nSPS) is 10.8. The smallest absolute Gasteiger partial charge is 0.144 e. The van der Waals surface area contributed by atoms with E-state index in [1.807, 2.05) is 30.3 Å². The van der Waals surface area contributed by atoms with Crippen molar-refractivity contribution in [3.05, 3.63) is 53.0 Å². The molecule has 0 spiro atoms. The van der Waals surface area contributed by atoms with E-state index in [4.69, 9.17) is 0 Å². The van der Waals surface area contributed by atoms with Gasteiger partial charge in [-0.25, -0.2) is 0 Å². The summed E-state index contributed by atoms with van der Waals surface area (Å²) in [5, 5.41) is 17.6. The van der Waals surface area contributed by atoms with E-state index >= 15 is 0 Å². The van der Waals surface area contributed by atoms with Gasteiger partial charge in [0.2, 0.25) is 0 Å². The van der Waals surface area contributed by atoms with Crippen molar-refractivity contribution in [1.29, 1.82) is 0 Å². The van der Waals surface area contributed by atoms with Gasteiger partial charge in [0, 0.05) is 4.47 Å². The SMILES string of the molecule is Oc1cc(Br)ccc1N=Nc1ccccc1. The molecule has 2 rings (SSSR count). The summed E-state index contributed by atoms with van der Waals surface area (Å²) in [7, 11) is 0. The molecule has 1 N–H and O–H groups in total. The Morgan fingerprint density at radius 1 is 0.938 bits per heavy atom. The Balaban J connectivity index is 2.24. The summed E-state index contributed by atoms with van der Waals surface area (Å²) in [6.07, 6.45) is 0. The minimum absolute atomic E-state index is 0.106. The standard InChI is InChI=1S/C12H9BrN2O/c13-9-6-7-11(12(16)8-9)15-14-10-4-2-1-3-5-10/h1-8,16H. The first-order chi connectivity index (χ1) is 7.75. The number of benzene rings is 2. The zero-order valence-corrected chi connectivity index (χ0v) is 9.92. The minimum atomic E-state index is 0.106. The molecule has 3 nitrogen and oxygen atoms in total. The molecule has 4 heteroatoms. The zero-order valence-electron chi connectivity index (χ0n) is 8.34. The van der Waals surface area contributed by atoms with Crippen molar-refractivity contribution < 1.29 is 5.11 Å². The van der Waals surface area contributed by atoms with Crippen LogP contribution in [0.1, 0.15) is 0 Å². The number of aromatic hydroxyl groups is 1. The van der Waals surface area contributed by atoms with Crippen LogP contribution >= 0.6 is 15.9 Å². The maximum absolute atomic E-state index is 9.59. The monoisotopic (exact) mass is 276 g/mol. The molecule has 0 saturated heterocycles. The summed E-state index contributed by atoms with van der Waals surface area (Å²) in [6.45, 7) is 0. The third-order valence-corrected chi connectivity index (χ3v) is 2.46. The minimum Gasteiger partial charge on any atom is -0.506 e. The van der Waals surface area contributed by atoms with Crippen LogP contribution in [0, 0.1) is 0 Å². The van der Waals surface area contributed by atoms with Crippen LogP contribution in [0.5, 0.6) is 5.75 Å². The van der Waals surface area contributed by atoms with E-state index in [1.54, 1.807) is 18.2 Å². The lowest BCUT2D eigenvalue weighted by Gasteiger charge is -1.97. The Labute approximate surface area is 102 Å². The third-order valence-electron chi connectivity index (χ3n) is 1.97. The summed E-state index contributed by atoms with van der Waals surface area (Å²) in [4.78, 5) is 0. The quantitative estimate of drug-likeness (QED) is 0.803. The second-order valence-electron chi connectivity index (χ2n) is 3.17. The van der Waals surface area contributed by atoms with Crippen molar-refractivity contribution >= 4 is 27.3 Å². The number of hydrogen-bond donors (Lipinski definition) is 1. The Morgan fingerprint density at radius 3 is 2.38 bits per heavy atom. The molecule has 0 aliphatic carbocycles. The first kappa shape index (κ1) is 10.8. The highest BCUT2D eigenvalue weighted by atomic mass is 79.9. The van der Waals surface area contributed by atoms with E-state index < -0.39 is 0 Å². The predicted molar refractivity (Wildman–Crippen MR) is 66.4 cm³/mol. The fourth-order valence-corrected chi connectivity index (χ4v) is 1.54. The number of nitrogens with zero attached hydrogens (tertiary/aromatic N) is 2. The van der Waals surface area contributed by atoms with E-state index in [2.05, 4.69) is 26.2 Å². The van der Waals surface area contributed by atoms with Gasteiger partial charge in [-0.1, -0.05) is 34.1 Å². The lowest BCUT2D eigenvalue weighted by atomic mass is 10.3. The Bertz CT molecular complexity index is 512. The Hall–Kier alpha value is -1.68. The van der Waals surface area contributed by atoms with Gasteiger partial charge in [-0.15, -0.1) is 5.11 Å². The maximum atomic E-state index is 9.59. The van der Waals surface area contributed by atoms with E-state index in [0.717, 1.165) is 10.2 Å². The summed E-state index contributed by atoms with van der Waals surface area (Å²) >= 11 is 3.26. The molecular weight excluding hydrogens is 268 g/mol. The average molecular weight is 277 g/mol. The van der Waals surface area contributed by atoms with Crippen molar-refractivity contribution in [2.75, 3.05) is 0 Å². The van der Waals surface area contributed by atoms with Crippen LogP contribution in [-0.4, -0.2) is 5.11 Å². The molecule has 0 aromatic heterocycles. The lowest BCUT2D eigenvalue weighted by Crippen LogP contribution is -1.68. The highest BCUT2D eigenvalue weighted by molar-refractivity contribution is 9.10. The summed E-state index contributed by atoms with van der Waals surface area (Å²) in [6, 6.07) is 14.5. The Kier molecular flexibility index (Phi) is 3.31. The number of phenolic OH excluding ortho intramolecular Hbond substituents is 1. The van der Waals surface area contributed by atoms with Crippen LogP contribution in [0.3, 0.4) is 0 Å². The van der Waals surface area contributed by atoms with Crippen LogP contribution in [0.25, 0.3) is 0 Å². The van der Waals surface area contributed by atoms with Gasteiger partial charge in [-0.2, -0.15) is 5.11 Å². The Morgan fingerprint density at radius 2 is 1.69 bits per heavy atom. The van der Waals surface area contributed by atoms with Crippen molar-refractivity contribution in [2.24, 2.45) is 10.2 Å². The summed E-state index contributed by atoms with van der Waals surface area (Å²) in [5.74, 6) is 0.106. The average Bonchev–Trinajstić information content (AvgIpc) is 2.29. The molecule has 2 aromatic rings. The van der Waals surface area contributed by atoms with Crippen LogP contribution in [-0.2, 0) is 0 Å². The molecule has 0 bridgehead atoms. The van der Waals surface area contributed by atoms with Crippen molar-refractivity contribution in [3.63, 3.8) is 0 Å². The third kappa shape index (κ3) is 2.67. The van der Waals surface area contributed by atoms with Gasteiger partial charge in [-0.3, -0.25) is 0 Å². The molecular formula is C12H9BrN2O. The van der Waals surface area contributed by atoms with Crippen molar-refractivity contribution in [3.8, 4) is 5.75 Å². The molecule has 80 valence electrons. The molecule has 16 heavy (non-hydrogen) atoms. The van der Waals surface area contributed by atoms with Crippen LogP contribution in [0.15, 0.2) is 63.2 Å². The van der Waals surface area contributed by atoms with Gasteiger partial charge < -0.3 is 5.11 Å². The van der Waals surface area contributed by atoms with Crippen LogP contribution in [0.4, 0.5) is 11.4 Å². The highest BCUT2D eigenvalue weighted by Crippen LogP contribution is 2.30. The molecule has 0 fully saturated rings. The van der Waals surface area contributed by atoms with E-state index in [1.165, 1.54) is 0 Å². The largest absolute Gasteiger partial charge is 0.506 e. The van der Waals surface area contributed by atoms with Crippen molar-refractivity contribution in [1.82, 2.24) is 0 Å². The predicted octanol–water partition coefficient (Wildman–Crippen LogP) is 4.57. The molecule has 2 aromatic carbocycles. The van der Waals surface area contributed by atoms with Gasteiger partial charge in [-0.05, 0) is 30.3 Å². The van der Waals surface area contributed by atoms with Gasteiger partial charge in [0.25, 0.3) is 0 Å². The number of hydrogen-bond acceptors (Lipinski definition) is 3. The van der Waals surface area contributed by atoms with Gasteiger partial charge in [0.1, 0.15) is 11.4 Å². The first-order valence-electron chi connectivity index (χ1n) is 4.71.